The number of likely N-dealkylation sites (N-methyl/N-ethyl adjacent to an activating group) is 1. The van der Waals surface area contributed by atoms with Crippen molar-refractivity contribution in [3.63, 3.8) is 0 Å². The van der Waals surface area contributed by atoms with Gasteiger partial charge in [0.2, 0.25) is 5.91 Å². The highest BCUT2D eigenvalue weighted by Gasteiger charge is 2.28. The summed E-state index contributed by atoms with van der Waals surface area (Å²) < 4.78 is 0. The van der Waals surface area contributed by atoms with E-state index in [0.29, 0.717) is 6.04 Å². The van der Waals surface area contributed by atoms with Gasteiger partial charge in [0.25, 0.3) is 0 Å². The van der Waals surface area contributed by atoms with Crippen molar-refractivity contribution < 1.29 is 4.79 Å². The van der Waals surface area contributed by atoms with E-state index in [1.165, 1.54) is 31.3 Å². The highest BCUT2D eigenvalue weighted by atomic mass is 16.2. The topological polar surface area (TPSA) is 20.3 Å². The molecule has 13 heavy (non-hydrogen) atoms. The first kappa shape index (κ1) is 8.79. The predicted octanol–water partition coefficient (Wildman–Crippen LogP) is 2.11. The van der Waals surface area contributed by atoms with Gasteiger partial charge in [0, 0.05) is 19.2 Å². The van der Waals surface area contributed by atoms with Crippen LogP contribution in [0, 0.1) is 0 Å². The van der Waals surface area contributed by atoms with Gasteiger partial charge in [-0.15, -0.1) is 0 Å². The molecule has 0 heterocycles. The Morgan fingerprint density at radius 1 is 1.38 bits per heavy atom. The third-order valence-corrected chi connectivity index (χ3v) is 3.02. The van der Waals surface area contributed by atoms with Crippen LogP contribution in [-0.4, -0.2) is 23.9 Å². The summed E-state index contributed by atoms with van der Waals surface area (Å²) in [5.74, 6) is 0.222. The van der Waals surface area contributed by atoms with Crippen LogP contribution in [0.1, 0.15) is 38.5 Å². The van der Waals surface area contributed by atoms with Crippen molar-refractivity contribution in [2.24, 2.45) is 0 Å². The average Bonchev–Trinajstić information content (AvgIpc) is 2.85. The summed E-state index contributed by atoms with van der Waals surface area (Å²) in [5.41, 5.74) is 1.36. The first-order chi connectivity index (χ1) is 6.27. The summed E-state index contributed by atoms with van der Waals surface area (Å²) in [5, 5.41) is 0. The number of hydrogen-bond acceptors (Lipinski definition) is 1. The Morgan fingerprint density at radius 2 is 2.00 bits per heavy atom. The van der Waals surface area contributed by atoms with Crippen LogP contribution in [0.15, 0.2) is 11.6 Å². The SMILES string of the molecule is CN(C(=O)C=C1CCCC1)C1CC1. The monoisotopic (exact) mass is 179 g/mol. The van der Waals surface area contributed by atoms with Crippen LogP contribution in [-0.2, 0) is 4.79 Å². The van der Waals surface area contributed by atoms with Crippen LogP contribution in [0.2, 0.25) is 0 Å². The van der Waals surface area contributed by atoms with Gasteiger partial charge in [-0.3, -0.25) is 4.79 Å². The molecule has 0 radical (unpaired) electrons. The molecule has 72 valence electrons. The van der Waals surface area contributed by atoms with Crippen molar-refractivity contribution in [2.75, 3.05) is 7.05 Å². The summed E-state index contributed by atoms with van der Waals surface area (Å²) in [4.78, 5) is 13.5. The van der Waals surface area contributed by atoms with Gasteiger partial charge in [-0.05, 0) is 38.5 Å². The first-order valence-electron chi connectivity index (χ1n) is 5.23. The van der Waals surface area contributed by atoms with E-state index in [1.807, 2.05) is 18.0 Å². The lowest BCUT2D eigenvalue weighted by Crippen LogP contribution is -2.27. The number of carbonyl (C=O) groups excluding carboxylic acids is 1. The van der Waals surface area contributed by atoms with Crippen molar-refractivity contribution in [2.45, 2.75) is 44.6 Å². The first-order valence-corrected chi connectivity index (χ1v) is 5.23. The molecular weight excluding hydrogens is 162 g/mol. The summed E-state index contributed by atoms with van der Waals surface area (Å²) in [6.07, 6.45) is 9.09. The minimum Gasteiger partial charge on any atom is -0.339 e. The zero-order chi connectivity index (χ0) is 9.26. The summed E-state index contributed by atoms with van der Waals surface area (Å²) in [6, 6.07) is 0.547. The van der Waals surface area contributed by atoms with Gasteiger partial charge in [0.05, 0.1) is 0 Å². The maximum absolute atomic E-state index is 11.6. The quantitative estimate of drug-likeness (QED) is 0.594. The Kier molecular flexibility index (Phi) is 2.38. The fourth-order valence-electron chi connectivity index (χ4n) is 1.89. The van der Waals surface area contributed by atoms with Gasteiger partial charge in [-0.25, -0.2) is 0 Å². The molecule has 0 spiro atoms. The number of allylic oxidation sites excluding steroid dienone is 1. The molecule has 0 N–H and O–H groups in total. The van der Waals surface area contributed by atoms with E-state index in [-0.39, 0.29) is 5.91 Å². The zero-order valence-corrected chi connectivity index (χ0v) is 8.25. The zero-order valence-electron chi connectivity index (χ0n) is 8.25. The lowest BCUT2D eigenvalue weighted by molar-refractivity contribution is -0.125. The number of nitrogens with zero attached hydrogens (tertiary/aromatic N) is 1. The standard InChI is InChI=1S/C11H17NO/c1-12(10-6-7-10)11(13)8-9-4-2-3-5-9/h8,10H,2-7H2,1H3. The normalized spacial score (nSPS) is 21.8. The molecule has 1 amide bonds. The van der Waals surface area contributed by atoms with Crippen molar-refractivity contribution >= 4 is 5.91 Å². The van der Waals surface area contributed by atoms with E-state index in [1.54, 1.807) is 0 Å². The highest BCUT2D eigenvalue weighted by molar-refractivity contribution is 5.88. The van der Waals surface area contributed by atoms with Crippen LogP contribution in [0.25, 0.3) is 0 Å². The van der Waals surface area contributed by atoms with Gasteiger partial charge in [-0.1, -0.05) is 5.57 Å². The molecule has 0 aromatic rings. The Hall–Kier alpha value is -0.790. The largest absolute Gasteiger partial charge is 0.339 e. The van der Waals surface area contributed by atoms with E-state index in [2.05, 4.69) is 0 Å². The third kappa shape index (κ3) is 2.11. The molecule has 0 aromatic heterocycles. The molecule has 2 nitrogen and oxygen atoms in total. The van der Waals surface area contributed by atoms with Crippen LogP contribution in [0.5, 0.6) is 0 Å². The van der Waals surface area contributed by atoms with E-state index < -0.39 is 0 Å². The molecule has 2 rings (SSSR count). The van der Waals surface area contributed by atoms with Crippen molar-refractivity contribution in [3.8, 4) is 0 Å². The van der Waals surface area contributed by atoms with Gasteiger partial charge in [0.1, 0.15) is 0 Å². The second kappa shape index (κ2) is 3.52. The minimum atomic E-state index is 0.222. The number of amides is 1. The Balaban J connectivity index is 1.92. The Labute approximate surface area is 79.6 Å². The van der Waals surface area contributed by atoms with E-state index >= 15 is 0 Å². The second-order valence-corrected chi connectivity index (χ2v) is 4.19. The summed E-state index contributed by atoms with van der Waals surface area (Å²) in [6.45, 7) is 0. The van der Waals surface area contributed by atoms with Crippen LogP contribution < -0.4 is 0 Å². The molecule has 0 aromatic carbocycles. The molecule has 0 bridgehead atoms. The molecule has 0 unspecified atom stereocenters. The molecule has 0 atom stereocenters. The fourth-order valence-corrected chi connectivity index (χ4v) is 1.89. The van der Waals surface area contributed by atoms with Gasteiger partial charge in [0.15, 0.2) is 0 Å². The number of hydrogen-bond donors (Lipinski definition) is 0. The third-order valence-electron chi connectivity index (χ3n) is 3.02. The summed E-state index contributed by atoms with van der Waals surface area (Å²) >= 11 is 0. The van der Waals surface area contributed by atoms with E-state index in [4.69, 9.17) is 0 Å². The van der Waals surface area contributed by atoms with E-state index in [9.17, 15) is 4.79 Å². The maximum Gasteiger partial charge on any atom is 0.246 e. The van der Waals surface area contributed by atoms with Crippen molar-refractivity contribution in [1.29, 1.82) is 0 Å². The fraction of sp³-hybridized carbons (Fsp3) is 0.727. The Morgan fingerprint density at radius 3 is 2.54 bits per heavy atom. The van der Waals surface area contributed by atoms with Crippen molar-refractivity contribution in [1.82, 2.24) is 4.90 Å². The van der Waals surface area contributed by atoms with Crippen LogP contribution in [0.4, 0.5) is 0 Å². The molecule has 0 aliphatic heterocycles. The molecule has 0 saturated heterocycles. The lowest BCUT2D eigenvalue weighted by atomic mass is 10.2. The van der Waals surface area contributed by atoms with Crippen LogP contribution in [0.3, 0.4) is 0 Å². The van der Waals surface area contributed by atoms with Crippen molar-refractivity contribution in [3.05, 3.63) is 11.6 Å². The highest BCUT2D eigenvalue weighted by Crippen LogP contribution is 2.27. The molecule has 2 aliphatic rings. The minimum absolute atomic E-state index is 0.222. The van der Waals surface area contributed by atoms with Crippen LogP contribution >= 0.6 is 0 Å². The Bertz CT molecular complexity index is 232. The summed E-state index contributed by atoms with van der Waals surface area (Å²) in [7, 11) is 1.92. The van der Waals surface area contributed by atoms with Gasteiger partial charge < -0.3 is 4.90 Å². The molecule has 2 fully saturated rings. The van der Waals surface area contributed by atoms with E-state index in [0.717, 1.165) is 12.8 Å². The molecule has 2 aliphatic carbocycles. The van der Waals surface area contributed by atoms with Gasteiger partial charge in [-0.2, -0.15) is 0 Å². The lowest BCUT2D eigenvalue weighted by Gasteiger charge is -2.13. The average molecular weight is 179 g/mol. The van der Waals surface area contributed by atoms with Gasteiger partial charge >= 0.3 is 0 Å². The molecule has 2 heteroatoms. The molecule has 2 saturated carbocycles. The number of carbonyl (C=O) groups is 1. The number of rotatable bonds is 2. The second-order valence-electron chi connectivity index (χ2n) is 4.19. The molecular formula is C11H17NO. The smallest absolute Gasteiger partial charge is 0.246 e. The maximum atomic E-state index is 11.6. The predicted molar refractivity (Wildman–Crippen MR) is 52.3 cm³/mol.